The van der Waals surface area contributed by atoms with Gasteiger partial charge in [-0.3, -0.25) is 4.98 Å². The number of carboxylic acids is 1. The highest BCUT2D eigenvalue weighted by molar-refractivity contribution is 5.85. The summed E-state index contributed by atoms with van der Waals surface area (Å²) in [4.78, 5) is 14.6. The third-order valence-electron chi connectivity index (χ3n) is 2.60. The first kappa shape index (κ1) is 11.3. The Bertz CT molecular complexity index is 543. The first-order chi connectivity index (χ1) is 8.09. The molecular weight excluding hydrogens is 223 g/mol. The highest BCUT2D eigenvalue weighted by Gasteiger charge is 2.12. The van der Waals surface area contributed by atoms with Crippen LogP contribution in [0, 0.1) is 12.7 Å². The van der Waals surface area contributed by atoms with Crippen molar-refractivity contribution in [2.45, 2.75) is 13.5 Å². The summed E-state index contributed by atoms with van der Waals surface area (Å²) in [7, 11) is 0. The van der Waals surface area contributed by atoms with Gasteiger partial charge in [0.1, 0.15) is 11.5 Å². The Hall–Kier alpha value is -2.17. The number of pyridine rings is 1. The average molecular weight is 234 g/mol. The van der Waals surface area contributed by atoms with Crippen molar-refractivity contribution in [2.24, 2.45) is 0 Å². The van der Waals surface area contributed by atoms with E-state index in [4.69, 9.17) is 5.11 Å². The number of hydrogen-bond donors (Lipinski definition) is 1. The molecule has 0 fully saturated rings. The molecule has 2 heterocycles. The van der Waals surface area contributed by atoms with Gasteiger partial charge in [-0.1, -0.05) is 0 Å². The SMILES string of the molecule is Cc1cncc(F)c1Cn1cccc1C(=O)O. The maximum absolute atomic E-state index is 13.6. The number of carboxylic acid groups (broad SMARTS) is 1. The summed E-state index contributed by atoms with van der Waals surface area (Å²) in [5.41, 5.74) is 1.30. The average Bonchev–Trinajstić information content (AvgIpc) is 2.72. The molecule has 0 saturated carbocycles. The standard InChI is InChI=1S/C12H11FN2O2/c1-8-5-14-6-10(13)9(8)7-15-4-2-3-11(15)12(16)17/h2-6H,7H2,1H3,(H,16,17). The highest BCUT2D eigenvalue weighted by Crippen LogP contribution is 2.14. The number of rotatable bonds is 3. The largest absolute Gasteiger partial charge is 0.477 e. The molecule has 1 N–H and O–H groups in total. The Morgan fingerprint density at radius 2 is 2.29 bits per heavy atom. The molecule has 5 heteroatoms. The van der Waals surface area contributed by atoms with Gasteiger partial charge in [-0.05, 0) is 24.6 Å². The second-order valence-corrected chi connectivity index (χ2v) is 3.74. The van der Waals surface area contributed by atoms with Crippen molar-refractivity contribution in [3.63, 3.8) is 0 Å². The van der Waals surface area contributed by atoms with Gasteiger partial charge in [0, 0.05) is 18.0 Å². The summed E-state index contributed by atoms with van der Waals surface area (Å²) in [5.74, 6) is -1.45. The first-order valence-corrected chi connectivity index (χ1v) is 5.07. The van der Waals surface area contributed by atoms with E-state index in [2.05, 4.69) is 4.98 Å². The van der Waals surface area contributed by atoms with E-state index < -0.39 is 11.8 Å². The minimum Gasteiger partial charge on any atom is -0.477 e. The van der Waals surface area contributed by atoms with Crippen LogP contribution in [-0.4, -0.2) is 20.6 Å². The Labute approximate surface area is 97.3 Å². The van der Waals surface area contributed by atoms with E-state index in [1.807, 2.05) is 0 Å². The number of halogens is 1. The third-order valence-corrected chi connectivity index (χ3v) is 2.60. The van der Waals surface area contributed by atoms with E-state index in [1.165, 1.54) is 10.6 Å². The maximum atomic E-state index is 13.6. The summed E-state index contributed by atoms with van der Waals surface area (Å²) in [6, 6.07) is 3.11. The monoisotopic (exact) mass is 234 g/mol. The third kappa shape index (κ3) is 2.18. The zero-order valence-electron chi connectivity index (χ0n) is 9.22. The van der Waals surface area contributed by atoms with E-state index in [0.29, 0.717) is 11.1 Å². The van der Waals surface area contributed by atoms with Crippen LogP contribution in [0.1, 0.15) is 21.6 Å². The molecule has 2 aromatic rings. The smallest absolute Gasteiger partial charge is 0.352 e. The molecular formula is C12H11FN2O2. The van der Waals surface area contributed by atoms with Crippen molar-refractivity contribution in [3.8, 4) is 0 Å². The Morgan fingerprint density at radius 1 is 1.53 bits per heavy atom. The molecule has 88 valence electrons. The van der Waals surface area contributed by atoms with Crippen molar-refractivity contribution < 1.29 is 14.3 Å². The summed E-state index contributed by atoms with van der Waals surface area (Å²) < 4.78 is 15.0. The van der Waals surface area contributed by atoms with Crippen molar-refractivity contribution in [1.82, 2.24) is 9.55 Å². The lowest BCUT2D eigenvalue weighted by Crippen LogP contribution is -2.10. The molecule has 4 nitrogen and oxygen atoms in total. The second kappa shape index (κ2) is 4.37. The van der Waals surface area contributed by atoms with E-state index >= 15 is 0 Å². The summed E-state index contributed by atoms with van der Waals surface area (Å²) in [6.45, 7) is 1.93. The van der Waals surface area contributed by atoms with Crippen LogP contribution >= 0.6 is 0 Å². The van der Waals surface area contributed by atoms with E-state index in [1.54, 1.807) is 25.4 Å². The maximum Gasteiger partial charge on any atom is 0.352 e. The number of carbonyl (C=O) groups is 1. The molecule has 0 radical (unpaired) electrons. The molecule has 0 atom stereocenters. The lowest BCUT2D eigenvalue weighted by Gasteiger charge is -2.09. The minimum atomic E-state index is -1.03. The van der Waals surface area contributed by atoms with Crippen LogP contribution < -0.4 is 0 Å². The van der Waals surface area contributed by atoms with Crippen LogP contribution in [0.3, 0.4) is 0 Å². The van der Waals surface area contributed by atoms with Crippen LogP contribution in [0.2, 0.25) is 0 Å². The predicted molar refractivity (Wildman–Crippen MR) is 59.4 cm³/mol. The molecule has 0 spiro atoms. The number of aromatic carboxylic acids is 1. The molecule has 17 heavy (non-hydrogen) atoms. The number of aromatic nitrogens is 2. The fraction of sp³-hybridized carbons (Fsp3) is 0.167. The van der Waals surface area contributed by atoms with Gasteiger partial charge in [-0.2, -0.15) is 0 Å². The molecule has 0 saturated heterocycles. The summed E-state index contributed by atoms with van der Waals surface area (Å²) in [5, 5.41) is 8.94. The number of aryl methyl sites for hydroxylation is 1. The first-order valence-electron chi connectivity index (χ1n) is 5.07. The van der Waals surface area contributed by atoms with Crippen LogP contribution in [0.5, 0.6) is 0 Å². The molecule has 0 aliphatic carbocycles. The van der Waals surface area contributed by atoms with Gasteiger partial charge in [-0.15, -0.1) is 0 Å². The van der Waals surface area contributed by atoms with Crippen LogP contribution in [0.25, 0.3) is 0 Å². The topological polar surface area (TPSA) is 55.1 Å². The van der Waals surface area contributed by atoms with Gasteiger partial charge in [0.15, 0.2) is 0 Å². The number of hydrogen-bond acceptors (Lipinski definition) is 2. The molecule has 0 aliphatic heterocycles. The molecule has 0 aromatic carbocycles. The zero-order valence-corrected chi connectivity index (χ0v) is 9.22. The van der Waals surface area contributed by atoms with Gasteiger partial charge in [-0.25, -0.2) is 9.18 Å². The summed E-state index contributed by atoms with van der Waals surface area (Å²) in [6.07, 6.45) is 4.30. The Balaban J connectivity index is 2.38. The quantitative estimate of drug-likeness (QED) is 0.884. The van der Waals surface area contributed by atoms with Gasteiger partial charge in [0.2, 0.25) is 0 Å². The normalized spacial score (nSPS) is 10.5. The van der Waals surface area contributed by atoms with Crippen LogP contribution in [0.15, 0.2) is 30.7 Å². The van der Waals surface area contributed by atoms with Gasteiger partial charge in [0.25, 0.3) is 0 Å². The van der Waals surface area contributed by atoms with Crippen LogP contribution in [-0.2, 0) is 6.54 Å². The highest BCUT2D eigenvalue weighted by atomic mass is 19.1. The van der Waals surface area contributed by atoms with Crippen molar-refractivity contribution >= 4 is 5.97 Å². The molecule has 2 aromatic heterocycles. The summed E-state index contributed by atoms with van der Waals surface area (Å²) >= 11 is 0. The Kier molecular flexibility index (Phi) is 2.91. The molecule has 2 rings (SSSR count). The molecule has 0 bridgehead atoms. The molecule has 0 amide bonds. The zero-order chi connectivity index (χ0) is 12.4. The molecule has 0 aliphatic rings. The van der Waals surface area contributed by atoms with E-state index in [0.717, 1.165) is 6.20 Å². The van der Waals surface area contributed by atoms with Crippen LogP contribution in [0.4, 0.5) is 4.39 Å². The number of nitrogens with zero attached hydrogens (tertiary/aromatic N) is 2. The lowest BCUT2D eigenvalue weighted by atomic mass is 10.1. The second-order valence-electron chi connectivity index (χ2n) is 3.74. The van der Waals surface area contributed by atoms with E-state index in [9.17, 15) is 9.18 Å². The van der Waals surface area contributed by atoms with E-state index in [-0.39, 0.29) is 12.2 Å². The van der Waals surface area contributed by atoms with Gasteiger partial charge < -0.3 is 9.67 Å². The predicted octanol–water partition coefficient (Wildman–Crippen LogP) is 2.08. The van der Waals surface area contributed by atoms with Gasteiger partial charge >= 0.3 is 5.97 Å². The van der Waals surface area contributed by atoms with Crippen molar-refractivity contribution in [2.75, 3.05) is 0 Å². The molecule has 0 unspecified atom stereocenters. The minimum absolute atomic E-state index is 0.139. The Morgan fingerprint density at radius 3 is 2.94 bits per heavy atom. The van der Waals surface area contributed by atoms with Crippen molar-refractivity contribution in [1.29, 1.82) is 0 Å². The fourth-order valence-electron chi connectivity index (χ4n) is 1.68. The lowest BCUT2D eigenvalue weighted by molar-refractivity contribution is 0.0685. The van der Waals surface area contributed by atoms with Crippen molar-refractivity contribution in [3.05, 3.63) is 53.4 Å². The van der Waals surface area contributed by atoms with Gasteiger partial charge in [0.05, 0.1) is 12.7 Å². The fourth-order valence-corrected chi connectivity index (χ4v) is 1.68.